The van der Waals surface area contributed by atoms with E-state index in [0.717, 1.165) is 24.5 Å². The van der Waals surface area contributed by atoms with Crippen LogP contribution in [-0.2, 0) is 19.4 Å². The number of nitrogens with one attached hydrogen (secondary N) is 1. The Morgan fingerprint density at radius 3 is 2.50 bits per heavy atom. The number of para-hydroxylation sites is 2. The van der Waals surface area contributed by atoms with E-state index < -0.39 is 15.8 Å². The monoisotopic (exact) mass is 352 g/mol. The highest BCUT2D eigenvalue weighted by Gasteiger charge is 2.33. The smallest absolute Gasteiger partial charge is 0.228 e. The highest BCUT2D eigenvalue weighted by molar-refractivity contribution is 7.91. The van der Waals surface area contributed by atoms with Gasteiger partial charge in [-0.25, -0.2) is 8.42 Å². The number of nitrogens with zero attached hydrogens (tertiary/aromatic N) is 1. The van der Waals surface area contributed by atoms with E-state index >= 15 is 0 Å². The fourth-order valence-electron chi connectivity index (χ4n) is 3.47. The number of carbonyl (C=O) groups is 1. The standard InChI is InChI=1S/C17H24N2O4S/c1-12-9-19(10-13(2)23-12)16-6-4-3-5-15(16)18-17(20)14-7-8-24(21,22)11-14/h3-6,12-14H,7-11H2,1-2H3,(H,18,20)/t12-,13-,14-/m1/s1. The summed E-state index contributed by atoms with van der Waals surface area (Å²) >= 11 is 0. The molecule has 1 amide bonds. The Kier molecular flexibility index (Phi) is 4.83. The first-order valence-electron chi connectivity index (χ1n) is 8.35. The number of hydrogen-bond donors (Lipinski definition) is 1. The minimum atomic E-state index is -3.07. The van der Waals surface area contributed by atoms with Crippen molar-refractivity contribution in [1.82, 2.24) is 0 Å². The summed E-state index contributed by atoms with van der Waals surface area (Å²) in [5, 5.41) is 2.93. The Hall–Kier alpha value is -1.60. The van der Waals surface area contributed by atoms with Gasteiger partial charge < -0.3 is 15.0 Å². The van der Waals surface area contributed by atoms with Gasteiger partial charge in [-0.15, -0.1) is 0 Å². The summed E-state index contributed by atoms with van der Waals surface area (Å²) in [6, 6.07) is 7.65. The van der Waals surface area contributed by atoms with Crippen LogP contribution in [0.3, 0.4) is 0 Å². The number of anilines is 2. The van der Waals surface area contributed by atoms with Gasteiger partial charge >= 0.3 is 0 Å². The number of carbonyl (C=O) groups excluding carboxylic acids is 1. The molecule has 0 spiro atoms. The van der Waals surface area contributed by atoms with E-state index in [1.165, 1.54) is 0 Å². The highest BCUT2D eigenvalue weighted by Crippen LogP contribution is 2.30. The lowest BCUT2D eigenvalue weighted by molar-refractivity contribution is -0.119. The Balaban J connectivity index is 1.76. The lowest BCUT2D eigenvalue weighted by atomic mass is 10.1. The van der Waals surface area contributed by atoms with Crippen molar-refractivity contribution < 1.29 is 17.9 Å². The van der Waals surface area contributed by atoms with E-state index in [9.17, 15) is 13.2 Å². The molecule has 0 saturated carbocycles. The van der Waals surface area contributed by atoms with Gasteiger partial charge in [-0.1, -0.05) is 12.1 Å². The van der Waals surface area contributed by atoms with E-state index in [0.29, 0.717) is 6.42 Å². The van der Waals surface area contributed by atoms with Gasteiger partial charge in [0.2, 0.25) is 5.91 Å². The first-order chi connectivity index (χ1) is 11.3. The van der Waals surface area contributed by atoms with Crippen LogP contribution >= 0.6 is 0 Å². The zero-order valence-corrected chi connectivity index (χ0v) is 14.9. The summed E-state index contributed by atoms with van der Waals surface area (Å²) in [5.74, 6) is -0.610. The topological polar surface area (TPSA) is 75.7 Å². The van der Waals surface area contributed by atoms with Crippen molar-refractivity contribution in [3.8, 4) is 0 Å². The number of morpholine rings is 1. The van der Waals surface area contributed by atoms with Crippen LogP contribution in [0.1, 0.15) is 20.3 Å². The van der Waals surface area contributed by atoms with E-state index in [1.807, 2.05) is 38.1 Å². The van der Waals surface area contributed by atoms with Crippen LogP contribution in [0.4, 0.5) is 11.4 Å². The molecular weight excluding hydrogens is 328 g/mol. The first-order valence-corrected chi connectivity index (χ1v) is 10.2. The van der Waals surface area contributed by atoms with Crippen LogP contribution in [0.2, 0.25) is 0 Å². The average Bonchev–Trinajstić information content (AvgIpc) is 2.87. The molecule has 132 valence electrons. The molecule has 1 N–H and O–H groups in total. The van der Waals surface area contributed by atoms with E-state index in [4.69, 9.17) is 4.74 Å². The Morgan fingerprint density at radius 1 is 1.21 bits per heavy atom. The third-order valence-electron chi connectivity index (χ3n) is 4.53. The van der Waals surface area contributed by atoms with Crippen molar-refractivity contribution in [1.29, 1.82) is 0 Å². The number of amides is 1. The number of sulfone groups is 1. The molecule has 2 fully saturated rings. The molecule has 3 atom stereocenters. The molecule has 2 aliphatic heterocycles. The average molecular weight is 352 g/mol. The van der Waals surface area contributed by atoms with Gasteiger partial charge in [-0.3, -0.25) is 4.79 Å². The largest absolute Gasteiger partial charge is 0.372 e. The van der Waals surface area contributed by atoms with Crippen LogP contribution < -0.4 is 10.2 Å². The number of ether oxygens (including phenoxy) is 1. The van der Waals surface area contributed by atoms with Crippen LogP contribution in [0.5, 0.6) is 0 Å². The van der Waals surface area contributed by atoms with E-state index in [-0.39, 0.29) is 29.6 Å². The summed E-state index contributed by atoms with van der Waals surface area (Å²) in [6.45, 7) is 5.59. The maximum atomic E-state index is 12.4. The van der Waals surface area contributed by atoms with Gasteiger partial charge in [-0.05, 0) is 32.4 Å². The van der Waals surface area contributed by atoms with Gasteiger partial charge in [0.15, 0.2) is 9.84 Å². The molecule has 0 aliphatic carbocycles. The van der Waals surface area contributed by atoms with Gasteiger partial charge in [0.1, 0.15) is 0 Å². The molecule has 0 aromatic heterocycles. The van der Waals surface area contributed by atoms with Gasteiger partial charge in [0.05, 0.1) is 41.0 Å². The molecule has 0 radical (unpaired) electrons. The Labute approximate surface area is 143 Å². The predicted octanol–water partition coefficient (Wildman–Crippen LogP) is 1.67. The maximum Gasteiger partial charge on any atom is 0.228 e. The second-order valence-corrected chi connectivity index (χ2v) is 9.00. The molecule has 7 heteroatoms. The van der Waals surface area contributed by atoms with E-state index in [2.05, 4.69) is 10.2 Å². The van der Waals surface area contributed by atoms with Gasteiger partial charge in [-0.2, -0.15) is 0 Å². The lowest BCUT2D eigenvalue weighted by Crippen LogP contribution is -2.45. The molecule has 2 heterocycles. The minimum Gasteiger partial charge on any atom is -0.372 e. The first kappa shape index (κ1) is 17.2. The van der Waals surface area contributed by atoms with Crippen molar-refractivity contribution in [2.75, 3.05) is 34.8 Å². The second kappa shape index (κ2) is 6.72. The maximum absolute atomic E-state index is 12.4. The molecule has 3 rings (SSSR count). The number of benzene rings is 1. The van der Waals surface area contributed by atoms with Crippen molar-refractivity contribution in [3.63, 3.8) is 0 Å². The van der Waals surface area contributed by atoms with Crippen LogP contribution in [-0.4, -0.2) is 51.1 Å². The molecule has 0 unspecified atom stereocenters. The minimum absolute atomic E-state index is 0.0490. The molecule has 6 nitrogen and oxygen atoms in total. The predicted molar refractivity (Wildman–Crippen MR) is 94.1 cm³/mol. The van der Waals surface area contributed by atoms with Crippen LogP contribution in [0.25, 0.3) is 0 Å². The quantitative estimate of drug-likeness (QED) is 0.896. The normalized spacial score (nSPS) is 29.4. The van der Waals surface area contributed by atoms with Crippen molar-refractivity contribution >= 4 is 27.1 Å². The lowest BCUT2D eigenvalue weighted by Gasteiger charge is -2.37. The van der Waals surface area contributed by atoms with Crippen molar-refractivity contribution in [2.24, 2.45) is 5.92 Å². The summed E-state index contributed by atoms with van der Waals surface area (Å²) < 4.78 is 28.9. The van der Waals surface area contributed by atoms with Crippen LogP contribution in [0, 0.1) is 5.92 Å². The molecule has 2 aliphatic rings. The molecule has 2 saturated heterocycles. The third-order valence-corrected chi connectivity index (χ3v) is 6.29. The Bertz CT molecular complexity index is 709. The highest BCUT2D eigenvalue weighted by atomic mass is 32.2. The SMILES string of the molecule is C[C@@H]1CN(c2ccccc2NC(=O)[C@@H]2CCS(=O)(=O)C2)C[C@@H](C)O1. The summed E-state index contributed by atoms with van der Waals surface area (Å²) in [6.07, 6.45) is 0.650. The summed E-state index contributed by atoms with van der Waals surface area (Å²) in [7, 11) is -3.07. The zero-order chi connectivity index (χ0) is 17.3. The number of rotatable bonds is 3. The van der Waals surface area contributed by atoms with E-state index in [1.54, 1.807) is 0 Å². The molecule has 1 aromatic carbocycles. The zero-order valence-electron chi connectivity index (χ0n) is 14.1. The summed E-state index contributed by atoms with van der Waals surface area (Å²) in [5.41, 5.74) is 1.68. The Morgan fingerprint density at radius 2 is 1.88 bits per heavy atom. The second-order valence-electron chi connectivity index (χ2n) is 6.77. The molecule has 1 aromatic rings. The summed E-state index contributed by atoms with van der Waals surface area (Å²) in [4.78, 5) is 14.7. The fourth-order valence-corrected chi connectivity index (χ4v) is 5.21. The van der Waals surface area contributed by atoms with Gasteiger partial charge in [0.25, 0.3) is 0 Å². The van der Waals surface area contributed by atoms with Crippen LogP contribution in [0.15, 0.2) is 24.3 Å². The molecule has 0 bridgehead atoms. The van der Waals surface area contributed by atoms with Crippen molar-refractivity contribution in [3.05, 3.63) is 24.3 Å². The molecular formula is C17H24N2O4S. The molecule has 24 heavy (non-hydrogen) atoms. The number of hydrogen-bond acceptors (Lipinski definition) is 5. The third kappa shape index (κ3) is 3.89. The fraction of sp³-hybridized carbons (Fsp3) is 0.588. The van der Waals surface area contributed by atoms with Crippen molar-refractivity contribution in [2.45, 2.75) is 32.5 Å². The van der Waals surface area contributed by atoms with Gasteiger partial charge in [0, 0.05) is 13.1 Å².